The number of carboxylic acids is 1. The Labute approximate surface area is 164 Å². The van der Waals surface area contributed by atoms with Gasteiger partial charge in [-0.2, -0.15) is 8.42 Å². The summed E-state index contributed by atoms with van der Waals surface area (Å²) >= 11 is 0. The van der Waals surface area contributed by atoms with Crippen LogP contribution in [0.25, 0.3) is 0 Å². The normalized spacial score (nSPS) is 12.9. The minimum absolute atomic E-state index is 0. The molecule has 1 atom stereocenters. The number of carbonyl (C=O) groups excluding carboxylic acids is 1. The third kappa shape index (κ3) is 6.38. The van der Waals surface area contributed by atoms with Crippen molar-refractivity contribution in [2.45, 2.75) is 38.7 Å². The molecule has 0 bridgehead atoms. The molecule has 7 nitrogen and oxygen atoms in total. The summed E-state index contributed by atoms with van der Waals surface area (Å²) in [7, 11) is -4.64. The van der Waals surface area contributed by atoms with E-state index in [2.05, 4.69) is 0 Å². The van der Waals surface area contributed by atoms with Gasteiger partial charge in [0.25, 0.3) is 10.1 Å². The molecule has 0 fully saturated rings. The van der Waals surface area contributed by atoms with Gasteiger partial charge in [0.05, 0.1) is 16.0 Å². The van der Waals surface area contributed by atoms with Crippen LogP contribution in [-0.4, -0.2) is 73.9 Å². The number of carbonyl (C=O) groups is 2. The van der Waals surface area contributed by atoms with Crippen LogP contribution in [0.15, 0.2) is 23.1 Å². The van der Waals surface area contributed by atoms with Gasteiger partial charge in [0.1, 0.15) is 6.10 Å². The number of hydrogen-bond acceptors (Lipinski definition) is 5. The Morgan fingerprint density at radius 1 is 1.13 bits per heavy atom. The third-order valence-electron chi connectivity index (χ3n) is 3.19. The Morgan fingerprint density at radius 3 is 2.00 bits per heavy atom. The van der Waals surface area contributed by atoms with Crippen LogP contribution in [0.3, 0.4) is 0 Å². The van der Waals surface area contributed by atoms with Gasteiger partial charge in [-0.15, -0.1) is 0 Å². The maximum absolute atomic E-state index is 12.1. The van der Waals surface area contributed by atoms with E-state index in [9.17, 15) is 18.0 Å². The number of rotatable bonds is 4. The summed E-state index contributed by atoms with van der Waals surface area (Å²) in [6.07, 6.45) is -0.484. The molecular formula is C14H20CaO7S. The molecule has 0 saturated heterocycles. The summed E-state index contributed by atoms with van der Waals surface area (Å²) in [6.45, 7) is 7.22. The molecule has 0 aliphatic heterocycles. The van der Waals surface area contributed by atoms with Crippen LogP contribution < -0.4 is 0 Å². The summed E-state index contributed by atoms with van der Waals surface area (Å²) in [5.74, 6) is -2.29. The SMILES string of the molecule is CC(OC(=O)c1cc(C(=O)O)cc(S(=O)(=O)O)c1)C(C)(C)C.[CaH2]. The Bertz CT molecular complexity index is 704. The summed E-state index contributed by atoms with van der Waals surface area (Å²) in [5.41, 5.74) is -1.04. The molecule has 126 valence electrons. The fraction of sp³-hybridized carbons (Fsp3) is 0.429. The molecule has 0 heterocycles. The van der Waals surface area contributed by atoms with Crippen molar-refractivity contribution in [3.63, 3.8) is 0 Å². The summed E-state index contributed by atoms with van der Waals surface area (Å²) in [4.78, 5) is 22.4. The zero-order valence-electron chi connectivity index (χ0n) is 12.7. The average molecular weight is 372 g/mol. The monoisotopic (exact) mass is 372 g/mol. The maximum atomic E-state index is 12.1. The van der Waals surface area contributed by atoms with Gasteiger partial charge in [0, 0.05) is 0 Å². The molecule has 0 aromatic heterocycles. The first kappa shape index (κ1) is 22.3. The van der Waals surface area contributed by atoms with Crippen LogP contribution >= 0.6 is 0 Å². The van der Waals surface area contributed by atoms with Crippen LogP contribution in [0, 0.1) is 5.41 Å². The quantitative estimate of drug-likeness (QED) is 0.465. The Hall–Kier alpha value is -0.670. The fourth-order valence-corrected chi connectivity index (χ4v) is 1.95. The van der Waals surface area contributed by atoms with E-state index < -0.39 is 38.6 Å². The first-order valence-electron chi connectivity index (χ1n) is 6.39. The predicted octanol–water partition coefficient (Wildman–Crippen LogP) is 1.31. The summed E-state index contributed by atoms with van der Waals surface area (Å²) in [6, 6.07) is 2.63. The van der Waals surface area contributed by atoms with Crippen molar-refractivity contribution >= 4 is 59.8 Å². The minimum atomic E-state index is -4.64. The van der Waals surface area contributed by atoms with Crippen molar-refractivity contribution in [2.24, 2.45) is 5.41 Å². The van der Waals surface area contributed by atoms with Crippen LogP contribution in [0.1, 0.15) is 48.4 Å². The zero-order chi connectivity index (χ0) is 17.3. The van der Waals surface area contributed by atoms with E-state index in [1.165, 1.54) is 0 Å². The van der Waals surface area contributed by atoms with Crippen molar-refractivity contribution in [1.82, 2.24) is 0 Å². The topological polar surface area (TPSA) is 118 Å². The molecule has 0 spiro atoms. The number of ether oxygens (including phenoxy) is 1. The fourth-order valence-electron chi connectivity index (χ4n) is 1.39. The van der Waals surface area contributed by atoms with E-state index in [0.29, 0.717) is 0 Å². The van der Waals surface area contributed by atoms with Gasteiger partial charge in [-0.3, -0.25) is 4.55 Å². The van der Waals surface area contributed by atoms with E-state index >= 15 is 0 Å². The molecular weight excluding hydrogens is 352 g/mol. The first-order valence-corrected chi connectivity index (χ1v) is 7.83. The molecule has 9 heteroatoms. The van der Waals surface area contributed by atoms with Crippen molar-refractivity contribution < 1.29 is 32.4 Å². The molecule has 0 amide bonds. The van der Waals surface area contributed by atoms with Crippen molar-refractivity contribution in [2.75, 3.05) is 0 Å². The predicted molar refractivity (Wildman–Crippen MR) is 86.1 cm³/mol. The summed E-state index contributed by atoms with van der Waals surface area (Å²) < 4.78 is 36.6. The van der Waals surface area contributed by atoms with E-state index in [4.69, 9.17) is 14.4 Å². The second-order valence-electron chi connectivity index (χ2n) is 5.94. The van der Waals surface area contributed by atoms with Gasteiger partial charge in [0.15, 0.2) is 0 Å². The summed E-state index contributed by atoms with van der Waals surface area (Å²) in [5, 5.41) is 8.96. The van der Waals surface area contributed by atoms with Gasteiger partial charge >= 0.3 is 49.7 Å². The van der Waals surface area contributed by atoms with Crippen LogP contribution in [-0.2, 0) is 14.9 Å². The van der Waals surface area contributed by atoms with E-state index in [1.807, 2.05) is 20.8 Å². The molecule has 1 unspecified atom stereocenters. The van der Waals surface area contributed by atoms with Crippen molar-refractivity contribution in [1.29, 1.82) is 0 Å². The van der Waals surface area contributed by atoms with Crippen LogP contribution in [0.5, 0.6) is 0 Å². The molecule has 0 radical (unpaired) electrons. The molecule has 1 rings (SSSR count). The molecule has 1 aromatic rings. The standard InChI is InChI=1S/C14H18O7S.Ca.2H/c1-8(14(2,3)4)21-13(17)10-5-9(12(15)16)6-11(7-10)22(18,19)20;;;/h5-8H,1-4H3,(H,15,16)(H,18,19,20);;;. The second-order valence-corrected chi connectivity index (χ2v) is 7.36. The first-order chi connectivity index (χ1) is 9.82. The molecule has 23 heavy (non-hydrogen) atoms. The molecule has 1 aromatic carbocycles. The molecule has 2 N–H and O–H groups in total. The van der Waals surface area contributed by atoms with Crippen molar-refractivity contribution in [3.8, 4) is 0 Å². The third-order valence-corrected chi connectivity index (χ3v) is 4.02. The Kier molecular flexibility index (Phi) is 7.70. The van der Waals surface area contributed by atoms with Gasteiger partial charge in [-0.1, -0.05) is 20.8 Å². The van der Waals surface area contributed by atoms with Crippen molar-refractivity contribution in [3.05, 3.63) is 29.3 Å². The van der Waals surface area contributed by atoms with E-state index in [1.54, 1.807) is 6.92 Å². The molecule has 0 aliphatic rings. The molecule has 0 aliphatic carbocycles. The van der Waals surface area contributed by atoms with Crippen LogP contribution in [0.4, 0.5) is 0 Å². The molecule has 0 saturated carbocycles. The van der Waals surface area contributed by atoms with Crippen LogP contribution in [0.2, 0.25) is 0 Å². The average Bonchev–Trinajstić information content (AvgIpc) is 2.35. The van der Waals surface area contributed by atoms with E-state index in [-0.39, 0.29) is 48.7 Å². The second kappa shape index (κ2) is 7.94. The van der Waals surface area contributed by atoms with Gasteiger partial charge in [0.2, 0.25) is 0 Å². The number of aromatic carboxylic acids is 1. The Balaban J connectivity index is 0.00000484. The van der Waals surface area contributed by atoms with Gasteiger partial charge < -0.3 is 9.84 Å². The number of benzene rings is 1. The number of carboxylic acid groups (broad SMARTS) is 1. The Morgan fingerprint density at radius 2 is 1.61 bits per heavy atom. The van der Waals surface area contributed by atoms with Gasteiger partial charge in [-0.05, 0) is 30.5 Å². The van der Waals surface area contributed by atoms with Gasteiger partial charge in [-0.25, -0.2) is 9.59 Å². The van der Waals surface area contributed by atoms with E-state index in [0.717, 1.165) is 18.2 Å². The number of hydrogen-bond donors (Lipinski definition) is 2. The number of esters is 1. The zero-order valence-corrected chi connectivity index (χ0v) is 13.5.